The summed E-state index contributed by atoms with van der Waals surface area (Å²) in [6.07, 6.45) is 3.30. The van der Waals surface area contributed by atoms with Crippen LogP contribution in [0.4, 0.5) is 5.00 Å². The quantitative estimate of drug-likeness (QED) is 0.685. The van der Waals surface area contributed by atoms with E-state index in [1.807, 2.05) is 0 Å². The van der Waals surface area contributed by atoms with Crippen molar-refractivity contribution in [1.82, 2.24) is 9.59 Å². The van der Waals surface area contributed by atoms with Gasteiger partial charge in [-0.25, -0.2) is 0 Å². The number of amides is 1. The van der Waals surface area contributed by atoms with Crippen molar-refractivity contribution in [3.05, 3.63) is 6.20 Å². The topological polar surface area (TPSA) is 75.1 Å². The molecule has 0 aromatic carbocycles. The fraction of sp³-hybridized carbons (Fsp3) is 0.571. The van der Waals surface area contributed by atoms with Crippen molar-refractivity contribution < 1.29 is 9.90 Å². The highest BCUT2D eigenvalue weighted by molar-refractivity contribution is 7.10. The number of anilines is 1. The lowest BCUT2D eigenvalue weighted by Crippen LogP contribution is -2.10. The second kappa shape index (κ2) is 5.60. The van der Waals surface area contributed by atoms with E-state index in [1.54, 1.807) is 0 Å². The molecule has 0 saturated heterocycles. The molecule has 0 aliphatic heterocycles. The minimum absolute atomic E-state index is 0.0560. The second-order valence-corrected chi connectivity index (χ2v) is 3.30. The van der Waals surface area contributed by atoms with Crippen LogP contribution in [0.3, 0.4) is 0 Å². The van der Waals surface area contributed by atoms with Gasteiger partial charge in [-0.2, -0.15) is 0 Å². The second-order valence-electron chi connectivity index (χ2n) is 2.51. The number of rotatable bonds is 5. The maximum Gasteiger partial charge on any atom is 0.225 e. The van der Waals surface area contributed by atoms with Crippen LogP contribution in [0.1, 0.15) is 19.3 Å². The Hall–Kier alpha value is -1.01. The number of hydrogen-bond acceptors (Lipinski definition) is 5. The van der Waals surface area contributed by atoms with Crippen LogP contribution in [0.25, 0.3) is 0 Å². The summed E-state index contributed by atoms with van der Waals surface area (Å²) in [7, 11) is 0. The molecule has 0 unspecified atom stereocenters. The first-order chi connectivity index (χ1) is 6.33. The Labute approximate surface area is 80.0 Å². The van der Waals surface area contributed by atoms with Crippen molar-refractivity contribution in [2.24, 2.45) is 0 Å². The van der Waals surface area contributed by atoms with Crippen LogP contribution >= 0.6 is 11.5 Å². The van der Waals surface area contributed by atoms with Crippen molar-refractivity contribution in [2.75, 3.05) is 11.9 Å². The summed E-state index contributed by atoms with van der Waals surface area (Å²) >= 11 is 1.15. The number of hydrogen-bond donors (Lipinski definition) is 2. The Morgan fingerprint density at radius 1 is 1.62 bits per heavy atom. The zero-order chi connectivity index (χ0) is 9.52. The third-order valence-corrected chi connectivity index (χ3v) is 2.02. The lowest BCUT2D eigenvalue weighted by molar-refractivity contribution is -0.116. The predicted molar refractivity (Wildman–Crippen MR) is 49.5 cm³/mol. The maximum atomic E-state index is 11.1. The number of aliphatic hydroxyl groups excluding tert-OH is 1. The highest BCUT2D eigenvalue weighted by atomic mass is 32.1. The Morgan fingerprint density at radius 3 is 3.08 bits per heavy atom. The third kappa shape index (κ3) is 3.95. The van der Waals surface area contributed by atoms with Crippen LogP contribution < -0.4 is 5.32 Å². The summed E-state index contributed by atoms with van der Waals surface area (Å²) in [5.41, 5.74) is 0. The van der Waals surface area contributed by atoms with Crippen LogP contribution in [0.15, 0.2) is 6.20 Å². The zero-order valence-electron chi connectivity index (χ0n) is 7.06. The third-order valence-electron chi connectivity index (χ3n) is 1.44. The molecule has 0 saturated carbocycles. The van der Waals surface area contributed by atoms with Crippen LogP contribution in [0.2, 0.25) is 0 Å². The fourth-order valence-electron chi connectivity index (χ4n) is 0.819. The molecule has 1 amide bonds. The normalized spacial score (nSPS) is 9.92. The summed E-state index contributed by atoms with van der Waals surface area (Å²) in [5.74, 6) is -0.0560. The lowest BCUT2D eigenvalue weighted by Gasteiger charge is -1.99. The van der Waals surface area contributed by atoms with Gasteiger partial charge in [0.15, 0.2) is 0 Å². The van der Waals surface area contributed by atoms with E-state index in [9.17, 15) is 4.79 Å². The molecule has 0 aliphatic carbocycles. The van der Waals surface area contributed by atoms with Crippen molar-refractivity contribution >= 4 is 22.4 Å². The van der Waals surface area contributed by atoms with E-state index < -0.39 is 0 Å². The predicted octanol–water partition coefficient (Wildman–Crippen LogP) is 0.639. The molecule has 0 bridgehead atoms. The van der Waals surface area contributed by atoms with Gasteiger partial charge in [-0.05, 0) is 12.8 Å². The van der Waals surface area contributed by atoms with E-state index in [-0.39, 0.29) is 12.5 Å². The summed E-state index contributed by atoms with van der Waals surface area (Å²) in [5, 5.41) is 15.4. The van der Waals surface area contributed by atoms with Crippen LogP contribution in [0, 0.1) is 0 Å². The average Bonchev–Trinajstić information content (AvgIpc) is 2.57. The van der Waals surface area contributed by atoms with Gasteiger partial charge in [0.05, 0.1) is 6.20 Å². The molecule has 0 aliphatic rings. The summed E-state index contributed by atoms with van der Waals surface area (Å²) in [4.78, 5) is 11.1. The number of unbranched alkanes of at least 4 members (excludes halogenated alkanes) is 1. The van der Waals surface area contributed by atoms with E-state index in [4.69, 9.17) is 5.11 Å². The number of nitrogens with zero attached hydrogens (tertiary/aromatic N) is 2. The highest BCUT2D eigenvalue weighted by Crippen LogP contribution is 2.09. The number of carbonyl (C=O) groups is 1. The molecule has 0 spiro atoms. The Kier molecular flexibility index (Phi) is 4.34. The Morgan fingerprint density at radius 2 is 2.46 bits per heavy atom. The molecule has 1 aromatic heterocycles. The number of carbonyl (C=O) groups excluding carboxylic acids is 1. The first kappa shape index (κ1) is 10.1. The molecule has 0 atom stereocenters. The minimum atomic E-state index is -0.0560. The molecule has 13 heavy (non-hydrogen) atoms. The standard InChI is InChI=1S/C7H11N3O2S/c11-4-2-1-3-6(12)9-7-5-8-10-13-7/h5,11H,1-4H2,(H,9,12). The Balaban J connectivity index is 2.18. The molecular weight excluding hydrogens is 190 g/mol. The van der Waals surface area contributed by atoms with Crippen LogP contribution in [-0.4, -0.2) is 27.2 Å². The molecule has 2 N–H and O–H groups in total. The van der Waals surface area contributed by atoms with E-state index in [0.29, 0.717) is 24.3 Å². The van der Waals surface area contributed by atoms with E-state index in [1.165, 1.54) is 6.20 Å². The molecule has 5 nitrogen and oxygen atoms in total. The van der Waals surface area contributed by atoms with Gasteiger partial charge in [0.25, 0.3) is 0 Å². The van der Waals surface area contributed by atoms with Gasteiger partial charge in [0, 0.05) is 24.6 Å². The molecule has 1 rings (SSSR count). The number of aromatic nitrogens is 2. The van der Waals surface area contributed by atoms with Crippen molar-refractivity contribution in [2.45, 2.75) is 19.3 Å². The molecule has 6 heteroatoms. The van der Waals surface area contributed by atoms with Crippen LogP contribution in [-0.2, 0) is 4.79 Å². The molecular formula is C7H11N3O2S. The summed E-state index contributed by atoms with van der Waals surface area (Å²) in [6, 6.07) is 0. The smallest absolute Gasteiger partial charge is 0.225 e. The van der Waals surface area contributed by atoms with Gasteiger partial charge < -0.3 is 10.4 Å². The van der Waals surface area contributed by atoms with Gasteiger partial charge in [-0.3, -0.25) is 4.79 Å². The van der Waals surface area contributed by atoms with Crippen molar-refractivity contribution in [3.63, 3.8) is 0 Å². The summed E-state index contributed by atoms with van der Waals surface area (Å²) < 4.78 is 3.61. The van der Waals surface area contributed by atoms with Gasteiger partial charge >= 0.3 is 0 Å². The van der Waals surface area contributed by atoms with Gasteiger partial charge in [-0.1, -0.05) is 4.49 Å². The van der Waals surface area contributed by atoms with Crippen molar-refractivity contribution in [3.8, 4) is 0 Å². The molecule has 1 heterocycles. The van der Waals surface area contributed by atoms with Gasteiger partial charge in [0.1, 0.15) is 5.00 Å². The average molecular weight is 201 g/mol. The number of nitrogens with one attached hydrogen (secondary N) is 1. The highest BCUT2D eigenvalue weighted by Gasteiger charge is 2.02. The number of aliphatic hydroxyl groups is 1. The minimum Gasteiger partial charge on any atom is -0.396 e. The van der Waals surface area contributed by atoms with Gasteiger partial charge in [0.2, 0.25) is 5.91 Å². The van der Waals surface area contributed by atoms with Crippen molar-refractivity contribution in [1.29, 1.82) is 0 Å². The van der Waals surface area contributed by atoms with Crippen LogP contribution in [0.5, 0.6) is 0 Å². The molecule has 1 aromatic rings. The molecule has 0 radical (unpaired) electrons. The largest absolute Gasteiger partial charge is 0.396 e. The summed E-state index contributed by atoms with van der Waals surface area (Å²) in [6.45, 7) is 0.134. The van der Waals surface area contributed by atoms with Gasteiger partial charge in [-0.15, -0.1) is 5.10 Å². The maximum absolute atomic E-state index is 11.1. The molecule has 0 fully saturated rings. The lowest BCUT2D eigenvalue weighted by atomic mass is 10.2. The first-order valence-corrected chi connectivity index (χ1v) is 4.78. The first-order valence-electron chi connectivity index (χ1n) is 4.01. The zero-order valence-corrected chi connectivity index (χ0v) is 7.88. The van der Waals surface area contributed by atoms with E-state index in [0.717, 1.165) is 11.5 Å². The molecule has 72 valence electrons. The Bertz CT molecular complexity index is 250. The fourth-order valence-corrected chi connectivity index (χ4v) is 1.26. The van der Waals surface area contributed by atoms with E-state index >= 15 is 0 Å². The van der Waals surface area contributed by atoms with E-state index in [2.05, 4.69) is 14.9 Å². The monoisotopic (exact) mass is 201 g/mol. The SMILES string of the molecule is O=C(CCCCO)Nc1cnns1.